The van der Waals surface area contributed by atoms with Gasteiger partial charge >= 0.3 is 12.3 Å². The third-order valence-corrected chi connectivity index (χ3v) is 5.68. The Kier molecular flexibility index (Phi) is 7.96. The van der Waals surface area contributed by atoms with Gasteiger partial charge in [0.15, 0.2) is 10.9 Å². The molecule has 0 aliphatic carbocycles. The first kappa shape index (κ1) is 28.1. The molecule has 1 amide bonds. The van der Waals surface area contributed by atoms with Crippen molar-refractivity contribution >= 4 is 46.5 Å². The van der Waals surface area contributed by atoms with E-state index in [9.17, 15) is 18.0 Å². The summed E-state index contributed by atoms with van der Waals surface area (Å²) in [5.74, 6) is 0.110. The maximum Gasteiger partial charge on any atom is 0.417 e. The first-order chi connectivity index (χ1) is 17.1. The van der Waals surface area contributed by atoms with Crippen molar-refractivity contribution in [3.63, 3.8) is 0 Å². The first-order valence-electron chi connectivity index (χ1n) is 11.5. The van der Waals surface area contributed by atoms with Gasteiger partial charge < -0.3 is 20.7 Å². The highest BCUT2D eigenvalue weighted by molar-refractivity contribution is 7.80. The number of aromatic nitrogens is 2. The van der Waals surface area contributed by atoms with Crippen LogP contribution in [-0.2, 0) is 17.3 Å². The van der Waals surface area contributed by atoms with E-state index in [2.05, 4.69) is 25.2 Å². The van der Waals surface area contributed by atoms with Gasteiger partial charge in [-0.1, -0.05) is 0 Å². The Hall–Kier alpha value is -3.48. The standard InChI is InChI=1S/C24H30F3N7O2S/c1-13(2)34-16-7-8-29-11-14(16)9-17(34)19(28)31-21(37)32-20-18(10-15(12-30-20)24(25,26)27)33(6)22(35)36-23(3,4)5/h7-8,10-13,17H,9H2,1-6H3,(H3,28,30,31,32,37). The molecule has 0 spiro atoms. The number of nitrogens with one attached hydrogen (secondary N) is 1. The van der Waals surface area contributed by atoms with Gasteiger partial charge in [-0.25, -0.2) is 14.8 Å². The average Bonchev–Trinajstić information content (AvgIpc) is 3.17. The number of carbonyl (C=O) groups excluding carboxylic acids is 1. The smallest absolute Gasteiger partial charge is 0.417 e. The lowest BCUT2D eigenvalue weighted by molar-refractivity contribution is -0.137. The van der Waals surface area contributed by atoms with Crippen molar-refractivity contribution in [3.8, 4) is 0 Å². The lowest BCUT2D eigenvalue weighted by atomic mass is 10.1. The zero-order valence-electron chi connectivity index (χ0n) is 21.4. The van der Waals surface area contributed by atoms with Crippen LogP contribution in [-0.4, -0.2) is 51.7 Å². The molecular formula is C24H30F3N7O2S. The molecular weight excluding hydrogens is 507 g/mol. The molecule has 13 heteroatoms. The van der Waals surface area contributed by atoms with E-state index < -0.39 is 23.4 Å². The van der Waals surface area contributed by atoms with Gasteiger partial charge in [-0.3, -0.25) is 9.88 Å². The lowest BCUT2D eigenvalue weighted by Gasteiger charge is -2.31. The normalized spacial score (nSPS) is 16.0. The summed E-state index contributed by atoms with van der Waals surface area (Å²) in [5, 5.41) is 2.59. The fourth-order valence-corrected chi connectivity index (χ4v) is 4.10. The Morgan fingerprint density at radius 3 is 2.59 bits per heavy atom. The second-order valence-electron chi connectivity index (χ2n) is 9.82. The zero-order valence-corrected chi connectivity index (χ0v) is 22.2. The third-order valence-electron chi connectivity index (χ3n) is 5.48. The summed E-state index contributed by atoms with van der Waals surface area (Å²) in [6.07, 6.45) is -0.842. The summed E-state index contributed by atoms with van der Waals surface area (Å²) < 4.78 is 45.5. The van der Waals surface area contributed by atoms with Gasteiger partial charge in [0.05, 0.1) is 17.3 Å². The van der Waals surface area contributed by atoms with Crippen LogP contribution >= 0.6 is 12.2 Å². The largest absolute Gasteiger partial charge is 0.443 e. The van der Waals surface area contributed by atoms with Crippen molar-refractivity contribution in [1.29, 1.82) is 0 Å². The Balaban J connectivity index is 1.89. The summed E-state index contributed by atoms with van der Waals surface area (Å²) in [5.41, 5.74) is 6.27. The summed E-state index contributed by atoms with van der Waals surface area (Å²) in [6, 6.07) is 2.51. The summed E-state index contributed by atoms with van der Waals surface area (Å²) in [7, 11) is 1.28. The van der Waals surface area contributed by atoms with Gasteiger partial charge in [0, 0.05) is 43.8 Å². The van der Waals surface area contributed by atoms with Crippen LogP contribution in [0.15, 0.2) is 35.7 Å². The minimum Gasteiger partial charge on any atom is -0.443 e. The number of amides is 1. The molecule has 0 fully saturated rings. The van der Waals surface area contributed by atoms with E-state index in [0.29, 0.717) is 12.6 Å². The number of ether oxygens (including phenoxy) is 1. The van der Waals surface area contributed by atoms with Gasteiger partial charge in [-0.15, -0.1) is 0 Å². The molecule has 37 heavy (non-hydrogen) atoms. The van der Waals surface area contributed by atoms with Crippen molar-refractivity contribution in [2.75, 3.05) is 22.2 Å². The molecule has 0 bridgehead atoms. The zero-order chi connectivity index (χ0) is 27.7. The molecule has 0 aromatic carbocycles. The van der Waals surface area contributed by atoms with Crippen LogP contribution in [0, 0.1) is 0 Å². The van der Waals surface area contributed by atoms with Crippen molar-refractivity contribution in [1.82, 2.24) is 9.97 Å². The number of rotatable bonds is 4. The van der Waals surface area contributed by atoms with Crippen LogP contribution in [0.4, 0.5) is 35.2 Å². The van der Waals surface area contributed by atoms with Gasteiger partial charge in [-0.2, -0.15) is 13.2 Å². The number of anilines is 3. The van der Waals surface area contributed by atoms with Crippen LogP contribution in [0.2, 0.25) is 0 Å². The topological polar surface area (TPSA) is 109 Å². The maximum absolute atomic E-state index is 13.4. The molecule has 1 aliphatic rings. The number of thiocarbonyl (C=S) groups is 1. The number of carbonyl (C=O) groups is 1. The highest BCUT2D eigenvalue weighted by Gasteiger charge is 2.35. The second kappa shape index (κ2) is 10.5. The fraction of sp³-hybridized carbons (Fsp3) is 0.458. The molecule has 0 saturated heterocycles. The Labute approximate surface area is 218 Å². The van der Waals surface area contributed by atoms with Gasteiger partial charge in [0.2, 0.25) is 0 Å². The molecule has 2 aromatic rings. The molecule has 9 nitrogen and oxygen atoms in total. The van der Waals surface area contributed by atoms with Crippen LogP contribution in [0.25, 0.3) is 0 Å². The van der Waals surface area contributed by atoms with Crippen molar-refractivity contribution in [2.45, 2.75) is 64.9 Å². The number of fused-ring (bicyclic) bond motifs is 1. The number of hydrogen-bond acceptors (Lipinski definition) is 6. The fourth-order valence-electron chi connectivity index (χ4n) is 3.90. The number of alkyl halides is 3. The molecule has 2 aromatic heterocycles. The number of pyridine rings is 2. The van der Waals surface area contributed by atoms with E-state index >= 15 is 0 Å². The van der Waals surface area contributed by atoms with Gasteiger partial charge in [0.1, 0.15) is 11.4 Å². The first-order valence-corrected chi connectivity index (χ1v) is 11.9. The summed E-state index contributed by atoms with van der Waals surface area (Å²) in [4.78, 5) is 28.0. The van der Waals surface area contributed by atoms with Crippen LogP contribution in [0.5, 0.6) is 0 Å². The van der Waals surface area contributed by atoms with Crippen molar-refractivity contribution in [2.24, 2.45) is 10.7 Å². The number of hydrogen-bond donors (Lipinski definition) is 2. The Morgan fingerprint density at radius 1 is 1.32 bits per heavy atom. The SMILES string of the molecule is CC(C)N1c2ccncc2CC1C(N)=NC(=S)Nc1ncc(C(F)(F)F)cc1N(C)C(=O)OC(C)(C)C. The van der Waals surface area contributed by atoms with E-state index in [-0.39, 0.29) is 34.5 Å². The van der Waals surface area contributed by atoms with Crippen LogP contribution < -0.4 is 20.9 Å². The molecule has 1 atom stereocenters. The molecule has 3 heterocycles. The van der Waals surface area contributed by atoms with Crippen molar-refractivity contribution < 1.29 is 22.7 Å². The predicted octanol–water partition coefficient (Wildman–Crippen LogP) is 4.76. The molecule has 3 rings (SSSR count). The average molecular weight is 538 g/mol. The minimum atomic E-state index is -4.68. The molecule has 1 unspecified atom stereocenters. The molecule has 0 saturated carbocycles. The second-order valence-corrected chi connectivity index (χ2v) is 10.2. The lowest BCUT2D eigenvalue weighted by Crippen LogP contribution is -2.46. The molecule has 200 valence electrons. The highest BCUT2D eigenvalue weighted by atomic mass is 32.1. The minimum absolute atomic E-state index is 0.106. The summed E-state index contributed by atoms with van der Waals surface area (Å²) >= 11 is 5.34. The van der Waals surface area contributed by atoms with Crippen molar-refractivity contribution in [3.05, 3.63) is 41.9 Å². The number of aliphatic imine (C=N–C) groups is 1. The highest BCUT2D eigenvalue weighted by Crippen LogP contribution is 2.35. The Bertz CT molecular complexity index is 1210. The van der Waals surface area contributed by atoms with Crippen LogP contribution in [0.3, 0.4) is 0 Å². The number of nitrogens with two attached hydrogens (primary N) is 1. The molecule has 1 aliphatic heterocycles. The third kappa shape index (κ3) is 6.64. The van der Waals surface area contributed by atoms with E-state index in [0.717, 1.165) is 22.2 Å². The number of amidine groups is 1. The monoisotopic (exact) mass is 537 g/mol. The number of nitrogens with zero attached hydrogens (tertiary/aromatic N) is 5. The van der Waals surface area contributed by atoms with Gasteiger partial charge in [0.25, 0.3) is 0 Å². The van der Waals surface area contributed by atoms with Crippen LogP contribution in [0.1, 0.15) is 45.7 Å². The van der Waals surface area contributed by atoms with E-state index in [1.807, 2.05) is 19.9 Å². The van der Waals surface area contributed by atoms with E-state index in [1.165, 1.54) is 7.05 Å². The van der Waals surface area contributed by atoms with E-state index in [4.69, 9.17) is 22.7 Å². The predicted molar refractivity (Wildman–Crippen MR) is 141 cm³/mol. The quantitative estimate of drug-likeness (QED) is 0.327. The van der Waals surface area contributed by atoms with E-state index in [1.54, 1.807) is 33.2 Å². The molecule has 3 N–H and O–H groups in total. The summed E-state index contributed by atoms with van der Waals surface area (Å²) in [6.45, 7) is 8.99. The van der Waals surface area contributed by atoms with Gasteiger partial charge in [-0.05, 0) is 64.5 Å². The maximum atomic E-state index is 13.4. The molecule has 0 radical (unpaired) electrons. The number of halogens is 3. The Morgan fingerprint density at radius 2 is 2.00 bits per heavy atom.